The van der Waals surface area contributed by atoms with Crippen molar-refractivity contribution >= 4 is 27.9 Å². The van der Waals surface area contributed by atoms with Gasteiger partial charge in [0.15, 0.2) is 0 Å². The van der Waals surface area contributed by atoms with Crippen LogP contribution in [0.4, 0.5) is 0 Å². The summed E-state index contributed by atoms with van der Waals surface area (Å²) in [6.45, 7) is 1.03. The minimum Gasteiger partial charge on any atom is -0.361 e. The van der Waals surface area contributed by atoms with Crippen molar-refractivity contribution in [1.29, 1.82) is 0 Å². The number of nitrogens with one attached hydrogen (secondary N) is 2. The van der Waals surface area contributed by atoms with Gasteiger partial charge < -0.3 is 10.3 Å². The molecule has 0 aliphatic rings. The lowest BCUT2D eigenvalue weighted by atomic mass is 10.1. The molecule has 3 heteroatoms. The number of halogens is 1. The summed E-state index contributed by atoms with van der Waals surface area (Å²) >= 11 is 0. The summed E-state index contributed by atoms with van der Waals surface area (Å²) in [5, 5.41) is 4.50. The van der Waals surface area contributed by atoms with Gasteiger partial charge in [-0.25, -0.2) is 0 Å². The summed E-state index contributed by atoms with van der Waals surface area (Å²) in [6, 6.07) is 8.41. The number of rotatable bonds is 3. The number of likely N-dealkylation sites (N-methyl/N-ethyl adjacent to an activating group) is 1. The van der Waals surface area contributed by atoms with Gasteiger partial charge in [0.25, 0.3) is 0 Å². The molecular weight excluding hydrogens is 240 g/mol. The van der Waals surface area contributed by atoms with Crippen molar-refractivity contribution in [2.75, 3.05) is 13.6 Å². The van der Waals surface area contributed by atoms with Gasteiger partial charge in [-0.1, -0.05) is 18.2 Å². The molecule has 0 saturated heterocycles. The maximum atomic E-state index is 3.27. The lowest BCUT2D eigenvalue weighted by Gasteiger charge is -1.97. The molecule has 2 nitrogen and oxygen atoms in total. The smallest absolute Gasteiger partial charge is 0.0456 e. The Labute approximate surface area is 94.5 Å². The first-order valence-electron chi connectivity index (χ1n) is 4.61. The Morgan fingerprint density at radius 3 is 2.86 bits per heavy atom. The van der Waals surface area contributed by atoms with Crippen LogP contribution in [0.15, 0.2) is 30.5 Å². The molecule has 1 heterocycles. The molecule has 0 aliphatic heterocycles. The van der Waals surface area contributed by atoms with E-state index in [4.69, 9.17) is 0 Å². The second-order valence-corrected chi connectivity index (χ2v) is 3.21. The van der Waals surface area contributed by atoms with Crippen LogP contribution in [-0.4, -0.2) is 18.6 Å². The number of fused-ring (bicyclic) bond motifs is 1. The van der Waals surface area contributed by atoms with Crippen molar-refractivity contribution in [3.63, 3.8) is 0 Å². The van der Waals surface area contributed by atoms with Crippen LogP contribution in [0, 0.1) is 0 Å². The van der Waals surface area contributed by atoms with Crippen molar-refractivity contribution < 1.29 is 0 Å². The molecule has 2 aromatic rings. The van der Waals surface area contributed by atoms with Crippen molar-refractivity contribution in [3.05, 3.63) is 36.0 Å². The van der Waals surface area contributed by atoms with Crippen molar-refractivity contribution in [1.82, 2.24) is 10.3 Å². The molecule has 0 saturated carbocycles. The maximum Gasteiger partial charge on any atom is 0.0456 e. The Kier molecular flexibility index (Phi) is 4.17. The Balaban J connectivity index is 0.000000980. The molecule has 76 valence electrons. The van der Waals surface area contributed by atoms with Gasteiger partial charge in [0.05, 0.1) is 0 Å². The number of H-pyrrole nitrogens is 1. The number of benzene rings is 1. The van der Waals surface area contributed by atoms with E-state index >= 15 is 0 Å². The second kappa shape index (κ2) is 5.17. The summed E-state index contributed by atoms with van der Waals surface area (Å²) in [7, 11) is 1.98. The number of para-hydroxylation sites is 1. The van der Waals surface area contributed by atoms with Gasteiger partial charge in [0.1, 0.15) is 0 Å². The van der Waals surface area contributed by atoms with Gasteiger partial charge in [-0.3, -0.25) is 0 Å². The average Bonchev–Trinajstić information content (AvgIpc) is 2.58. The Bertz CT molecular complexity index is 395. The van der Waals surface area contributed by atoms with E-state index in [0.29, 0.717) is 0 Å². The number of hydrogen-bond donors (Lipinski definition) is 2. The number of aromatic nitrogens is 1. The van der Waals surface area contributed by atoms with E-state index in [0.717, 1.165) is 13.0 Å². The maximum absolute atomic E-state index is 3.27. The minimum absolute atomic E-state index is 0. The van der Waals surface area contributed by atoms with Gasteiger partial charge in [-0.2, -0.15) is 0 Å². The van der Waals surface area contributed by atoms with Gasteiger partial charge >= 0.3 is 0 Å². The molecule has 0 amide bonds. The molecule has 14 heavy (non-hydrogen) atoms. The monoisotopic (exact) mass is 254 g/mol. The average molecular weight is 255 g/mol. The predicted octanol–water partition coefficient (Wildman–Crippen LogP) is 2.51. The molecule has 0 radical (unpaired) electrons. The normalized spacial score (nSPS) is 10.1. The highest BCUT2D eigenvalue weighted by Gasteiger charge is 2.00. The Morgan fingerprint density at radius 2 is 2.07 bits per heavy atom. The van der Waals surface area contributed by atoms with E-state index in [2.05, 4.69) is 40.8 Å². The van der Waals surface area contributed by atoms with Crippen LogP contribution in [0.1, 0.15) is 5.56 Å². The third-order valence-corrected chi connectivity index (χ3v) is 2.32. The standard InChI is InChI=1S/C11H14N2.BrH/c1-12-7-6-9-8-13-11-5-3-2-4-10(9)11;/h2-5,8,12-13H,6-7H2,1H3;1H. The Morgan fingerprint density at radius 1 is 1.29 bits per heavy atom. The van der Waals surface area contributed by atoms with Crippen LogP contribution in [0.3, 0.4) is 0 Å². The fourth-order valence-electron chi connectivity index (χ4n) is 1.60. The van der Waals surface area contributed by atoms with Gasteiger partial charge in [-0.05, 0) is 31.6 Å². The van der Waals surface area contributed by atoms with Crippen molar-refractivity contribution in [3.8, 4) is 0 Å². The van der Waals surface area contributed by atoms with Crippen LogP contribution in [-0.2, 0) is 6.42 Å². The first-order chi connectivity index (χ1) is 6.42. The fourth-order valence-corrected chi connectivity index (χ4v) is 1.60. The summed E-state index contributed by atoms with van der Waals surface area (Å²) in [5.74, 6) is 0. The summed E-state index contributed by atoms with van der Waals surface area (Å²) in [5.41, 5.74) is 2.62. The molecule has 0 atom stereocenters. The number of hydrogen-bond acceptors (Lipinski definition) is 1. The summed E-state index contributed by atoms with van der Waals surface area (Å²) in [4.78, 5) is 3.27. The predicted molar refractivity (Wildman–Crippen MR) is 66.3 cm³/mol. The summed E-state index contributed by atoms with van der Waals surface area (Å²) < 4.78 is 0. The molecule has 2 rings (SSSR count). The number of aromatic amines is 1. The van der Waals surface area contributed by atoms with Gasteiger partial charge in [0.2, 0.25) is 0 Å². The minimum atomic E-state index is 0. The van der Waals surface area contributed by atoms with E-state index in [1.807, 2.05) is 7.05 Å². The van der Waals surface area contributed by atoms with E-state index in [1.54, 1.807) is 0 Å². The van der Waals surface area contributed by atoms with E-state index in [-0.39, 0.29) is 17.0 Å². The van der Waals surface area contributed by atoms with E-state index < -0.39 is 0 Å². The topological polar surface area (TPSA) is 27.8 Å². The first-order valence-corrected chi connectivity index (χ1v) is 4.61. The van der Waals surface area contributed by atoms with Crippen LogP contribution >= 0.6 is 17.0 Å². The highest BCUT2D eigenvalue weighted by atomic mass is 79.9. The third kappa shape index (κ3) is 2.16. The lowest BCUT2D eigenvalue weighted by Crippen LogP contribution is -2.09. The summed E-state index contributed by atoms with van der Waals surface area (Å²) in [6.07, 6.45) is 3.18. The fraction of sp³-hybridized carbons (Fsp3) is 0.273. The lowest BCUT2D eigenvalue weighted by molar-refractivity contribution is 0.795. The zero-order chi connectivity index (χ0) is 9.10. The zero-order valence-electron chi connectivity index (χ0n) is 8.21. The highest BCUT2D eigenvalue weighted by Crippen LogP contribution is 2.17. The molecule has 1 aromatic heterocycles. The molecule has 0 aliphatic carbocycles. The van der Waals surface area contributed by atoms with Gasteiger partial charge in [-0.15, -0.1) is 17.0 Å². The van der Waals surface area contributed by atoms with Crippen molar-refractivity contribution in [2.24, 2.45) is 0 Å². The van der Waals surface area contributed by atoms with Gasteiger partial charge in [0, 0.05) is 17.1 Å². The molecule has 0 spiro atoms. The molecule has 0 bridgehead atoms. The quantitative estimate of drug-likeness (QED) is 0.866. The van der Waals surface area contributed by atoms with Crippen LogP contribution in [0.2, 0.25) is 0 Å². The molecule has 1 aromatic carbocycles. The van der Waals surface area contributed by atoms with Crippen LogP contribution in [0.5, 0.6) is 0 Å². The highest BCUT2D eigenvalue weighted by molar-refractivity contribution is 8.93. The second-order valence-electron chi connectivity index (χ2n) is 3.21. The first kappa shape index (κ1) is 11.3. The molecular formula is C11H15BrN2. The molecule has 2 N–H and O–H groups in total. The zero-order valence-corrected chi connectivity index (χ0v) is 9.92. The third-order valence-electron chi connectivity index (χ3n) is 2.32. The largest absolute Gasteiger partial charge is 0.361 e. The van der Waals surface area contributed by atoms with E-state index in [1.165, 1.54) is 16.5 Å². The Hall–Kier alpha value is -0.800. The van der Waals surface area contributed by atoms with Crippen LogP contribution < -0.4 is 5.32 Å². The van der Waals surface area contributed by atoms with Crippen molar-refractivity contribution in [2.45, 2.75) is 6.42 Å². The molecule has 0 fully saturated rings. The van der Waals surface area contributed by atoms with E-state index in [9.17, 15) is 0 Å². The molecule has 0 unspecified atom stereocenters. The SMILES string of the molecule is Br.CNCCc1c[nH]c2ccccc12. The van der Waals surface area contributed by atoms with Crippen LogP contribution in [0.25, 0.3) is 10.9 Å².